The van der Waals surface area contributed by atoms with Crippen LogP contribution in [0, 0.1) is 0 Å². The molecule has 50 heavy (non-hydrogen) atoms. The third-order valence-corrected chi connectivity index (χ3v) is 9.30. The molecule has 0 bridgehead atoms. The summed E-state index contributed by atoms with van der Waals surface area (Å²) >= 11 is 0. The molecule has 2 heterocycles. The fraction of sp³-hybridized carbons (Fsp3) is 0. The van der Waals surface area contributed by atoms with Gasteiger partial charge in [-0.1, -0.05) is 176 Å². The van der Waals surface area contributed by atoms with Gasteiger partial charge >= 0.3 is 0 Å². The van der Waals surface area contributed by atoms with Crippen molar-refractivity contribution in [3.63, 3.8) is 0 Å². The van der Waals surface area contributed by atoms with Crippen LogP contribution in [0.5, 0.6) is 0 Å². The minimum Gasteiger partial charge on any atom is -0.247 e. The maximum Gasteiger partial charge on any atom is 0.160 e. The van der Waals surface area contributed by atoms with E-state index in [2.05, 4.69) is 152 Å². The Morgan fingerprint density at radius 2 is 0.760 bits per heavy atom. The van der Waals surface area contributed by atoms with Crippen LogP contribution in [0.2, 0.25) is 0 Å². The maximum absolute atomic E-state index is 5.32. The van der Waals surface area contributed by atoms with Crippen LogP contribution in [-0.4, -0.2) is 15.0 Å². The number of aromatic nitrogens is 3. The van der Waals surface area contributed by atoms with E-state index >= 15 is 0 Å². The standard InChI is InChI=1S/C47H31N3/c1-5-15-32(16-6-1)38-23-13-25-40-44(38)45-39(24-14-26-41(45)48-46(40)36-19-9-3-10-20-36)33-27-29-35(30-28-33)43-31-42(34-17-7-2-8-18-34)49-47(50-43)37-21-11-4-12-22-37/h1-31H. The smallest absolute Gasteiger partial charge is 0.160 e. The van der Waals surface area contributed by atoms with E-state index in [1.165, 1.54) is 16.5 Å². The van der Waals surface area contributed by atoms with Gasteiger partial charge in [0.25, 0.3) is 0 Å². The summed E-state index contributed by atoms with van der Waals surface area (Å²) in [6.45, 7) is 0. The van der Waals surface area contributed by atoms with Gasteiger partial charge < -0.3 is 0 Å². The van der Waals surface area contributed by atoms with E-state index in [0.717, 1.165) is 66.8 Å². The molecule has 9 rings (SSSR count). The third-order valence-electron chi connectivity index (χ3n) is 9.30. The van der Waals surface area contributed by atoms with Gasteiger partial charge in [0.15, 0.2) is 5.82 Å². The number of fused-ring (bicyclic) bond motifs is 3. The number of nitrogens with zero attached hydrogens (tertiary/aromatic N) is 3. The molecule has 234 valence electrons. The molecule has 7 aromatic carbocycles. The summed E-state index contributed by atoms with van der Waals surface area (Å²) in [4.78, 5) is 15.3. The van der Waals surface area contributed by atoms with Crippen molar-refractivity contribution in [2.75, 3.05) is 0 Å². The topological polar surface area (TPSA) is 38.7 Å². The molecule has 0 saturated carbocycles. The molecule has 9 aromatic rings. The normalized spacial score (nSPS) is 11.2. The van der Waals surface area contributed by atoms with Crippen LogP contribution in [0.1, 0.15) is 0 Å². The van der Waals surface area contributed by atoms with Crippen LogP contribution < -0.4 is 0 Å². The van der Waals surface area contributed by atoms with E-state index < -0.39 is 0 Å². The van der Waals surface area contributed by atoms with Crippen LogP contribution in [0.4, 0.5) is 0 Å². The average molecular weight is 638 g/mol. The minimum absolute atomic E-state index is 0.709. The van der Waals surface area contributed by atoms with Crippen molar-refractivity contribution >= 4 is 21.7 Å². The van der Waals surface area contributed by atoms with Crippen molar-refractivity contribution in [3.8, 4) is 67.4 Å². The molecule has 0 saturated heterocycles. The largest absolute Gasteiger partial charge is 0.247 e. The Morgan fingerprint density at radius 3 is 1.38 bits per heavy atom. The predicted molar refractivity (Wildman–Crippen MR) is 207 cm³/mol. The molecular formula is C47H31N3. The van der Waals surface area contributed by atoms with Crippen molar-refractivity contribution in [1.29, 1.82) is 0 Å². The molecule has 0 aliphatic carbocycles. The first-order valence-corrected chi connectivity index (χ1v) is 16.9. The Kier molecular flexibility index (Phi) is 7.49. The number of hydrogen-bond acceptors (Lipinski definition) is 3. The fourth-order valence-electron chi connectivity index (χ4n) is 6.90. The molecule has 2 aromatic heterocycles. The predicted octanol–water partition coefficient (Wildman–Crippen LogP) is 12.2. The van der Waals surface area contributed by atoms with Gasteiger partial charge in [-0.3, -0.25) is 0 Å². The molecule has 3 nitrogen and oxygen atoms in total. The molecule has 0 aliphatic rings. The van der Waals surface area contributed by atoms with Crippen molar-refractivity contribution in [3.05, 3.63) is 188 Å². The summed E-state index contributed by atoms with van der Waals surface area (Å²) in [5, 5.41) is 3.49. The van der Waals surface area contributed by atoms with E-state index in [1.807, 2.05) is 36.4 Å². The van der Waals surface area contributed by atoms with E-state index in [-0.39, 0.29) is 0 Å². The second-order valence-corrected chi connectivity index (χ2v) is 12.4. The van der Waals surface area contributed by atoms with Gasteiger partial charge in [-0.2, -0.15) is 0 Å². The van der Waals surface area contributed by atoms with Gasteiger partial charge in [-0.05, 0) is 34.4 Å². The quantitative estimate of drug-likeness (QED) is 0.170. The van der Waals surface area contributed by atoms with Crippen LogP contribution >= 0.6 is 0 Å². The fourth-order valence-corrected chi connectivity index (χ4v) is 6.90. The van der Waals surface area contributed by atoms with Crippen LogP contribution in [0.25, 0.3) is 89.1 Å². The lowest BCUT2D eigenvalue weighted by Crippen LogP contribution is -1.96. The third kappa shape index (κ3) is 5.41. The van der Waals surface area contributed by atoms with Gasteiger partial charge in [-0.25, -0.2) is 15.0 Å². The molecular weight excluding hydrogens is 607 g/mol. The highest BCUT2D eigenvalue weighted by atomic mass is 14.9. The summed E-state index contributed by atoms with van der Waals surface area (Å²) in [6, 6.07) is 65.6. The highest BCUT2D eigenvalue weighted by Crippen LogP contribution is 2.42. The zero-order valence-corrected chi connectivity index (χ0v) is 27.2. The molecule has 3 heteroatoms. The molecule has 0 N–H and O–H groups in total. The summed E-state index contributed by atoms with van der Waals surface area (Å²) in [5.41, 5.74) is 12.6. The van der Waals surface area contributed by atoms with Gasteiger partial charge in [-0.15, -0.1) is 0 Å². The number of rotatable bonds is 6. The summed E-state index contributed by atoms with van der Waals surface area (Å²) < 4.78 is 0. The van der Waals surface area contributed by atoms with Gasteiger partial charge in [0.2, 0.25) is 0 Å². The Hall–Kier alpha value is -6.71. The van der Waals surface area contributed by atoms with Gasteiger partial charge in [0.1, 0.15) is 0 Å². The average Bonchev–Trinajstić information content (AvgIpc) is 3.21. The lowest BCUT2D eigenvalue weighted by atomic mass is 9.89. The second kappa shape index (κ2) is 12.7. The molecule has 0 amide bonds. The Bertz CT molecular complexity index is 2540. The van der Waals surface area contributed by atoms with Crippen molar-refractivity contribution < 1.29 is 0 Å². The Labute approximate surface area is 291 Å². The monoisotopic (exact) mass is 637 g/mol. The van der Waals surface area contributed by atoms with Crippen molar-refractivity contribution in [1.82, 2.24) is 15.0 Å². The first-order chi connectivity index (χ1) is 24.8. The van der Waals surface area contributed by atoms with Crippen LogP contribution in [0.3, 0.4) is 0 Å². The first kappa shape index (κ1) is 29.4. The Morgan fingerprint density at radius 1 is 0.300 bits per heavy atom. The van der Waals surface area contributed by atoms with Crippen molar-refractivity contribution in [2.24, 2.45) is 0 Å². The highest BCUT2D eigenvalue weighted by Gasteiger charge is 2.18. The summed E-state index contributed by atoms with van der Waals surface area (Å²) in [5.74, 6) is 0.709. The van der Waals surface area contributed by atoms with E-state index in [9.17, 15) is 0 Å². The minimum atomic E-state index is 0.709. The van der Waals surface area contributed by atoms with E-state index in [4.69, 9.17) is 15.0 Å². The molecule has 0 unspecified atom stereocenters. The SMILES string of the molecule is c1ccc(-c2cc(-c3ccc(-c4cccc5nc(-c6ccccc6)c6cccc(-c7ccccc7)c6c45)cc3)nc(-c3ccccc3)n2)cc1. The number of benzene rings is 7. The second-order valence-electron chi connectivity index (χ2n) is 12.4. The molecule has 0 radical (unpaired) electrons. The molecule has 0 fully saturated rings. The van der Waals surface area contributed by atoms with Gasteiger partial charge in [0.05, 0.1) is 22.6 Å². The zero-order chi connectivity index (χ0) is 33.3. The van der Waals surface area contributed by atoms with Crippen molar-refractivity contribution in [2.45, 2.75) is 0 Å². The van der Waals surface area contributed by atoms with Crippen LogP contribution in [0.15, 0.2) is 188 Å². The van der Waals surface area contributed by atoms with E-state index in [0.29, 0.717) is 5.82 Å². The number of hydrogen-bond donors (Lipinski definition) is 0. The Balaban J connectivity index is 1.23. The molecule has 0 spiro atoms. The van der Waals surface area contributed by atoms with E-state index in [1.54, 1.807) is 0 Å². The highest BCUT2D eigenvalue weighted by molar-refractivity contribution is 6.21. The summed E-state index contributed by atoms with van der Waals surface area (Å²) in [7, 11) is 0. The molecule has 0 atom stereocenters. The van der Waals surface area contributed by atoms with Crippen LogP contribution in [-0.2, 0) is 0 Å². The number of pyridine rings is 1. The first-order valence-electron chi connectivity index (χ1n) is 16.9. The lowest BCUT2D eigenvalue weighted by Gasteiger charge is -2.17. The maximum atomic E-state index is 5.32. The molecule has 0 aliphatic heterocycles. The summed E-state index contributed by atoms with van der Waals surface area (Å²) in [6.07, 6.45) is 0. The lowest BCUT2D eigenvalue weighted by molar-refractivity contribution is 1.18. The zero-order valence-electron chi connectivity index (χ0n) is 27.2. The van der Waals surface area contributed by atoms with Gasteiger partial charge in [0, 0.05) is 38.4 Å².